The van der Waals surface area contributed by atoms with Gasteiger partial charge < -0.3 is 28.8 Å². The monoisotopic (exact) mass is 677 g/mol. The second kappa shape index (κ2) is 30.6. The van der Waals surface area contributed by atoms with E-state index < -0.39 is 20.0 Å². The largest absolute Gasteiger partial charge is 0.756 e. The van der Waals surface area contributed by atoms with Crippen LogP contribution in [0.3, 0.4) is 0 Å². The molecule has 276 valence electrons. The van der Waals surface area contributed by atoms with Gasteiger partial charge in [-0.25, -0.2) is 0 Å². The van der Waals surface area contributed by atoms with Crippen LogP contribution in [0.5, 0.6) is 0 Å². The number of hydrogen-bond donors (Lipinski definition) is 2. The Balaban J connectivity index is 3.92. The molecule has 0 bridgehead atoms. The van der Waals surface area contributed by atoms with Gasteiger partial charge in [-0.3, -0.25) is 9.36 Å². The van der Waals surface area contributed by atoms with Crippen LogP contribution in [0.4, 0.5) is 0 Å². The van der Waals surface area contributed by atoms with Crippen LogP contribution in [0.15, 0.2) is 0 Å². The SMILES string of the molecule is CCCCCCCCCCCCCCCCCCCCCCCCC(O)C(COP(=O)([O-])OCC[N+](C)(C)C)NC(=O)CCCC. The van der Waals surface area contributed by atoms with E-state index in [-0.39, 0.29) is 19.1 Å². The molecule has 3 atom stereocenters. The maximum Gasteiger partial charge on any atom is 0.268 e. The van der Waals surface area contributed by atoms with E-state index in [4.69, 9.17) is 9.05 Å². The number of likely N-dealkylation sites (N-methyl/N-ethyl adjacent to an activating group) is 1. The fraction of sp³-hybridized carbons (Fsp3) is 0.973. The van der Waals surface area contributed by atoms with Crippen LogP contribution in [-0.4, -0.2) is 68.5 Å². The third-order valence-corrected chi connectivity index (χ3v) is 9.81. The Labute approximate surface area is 285 Å². The average molecular weight is 677 g/mol. The van der Waals surface area contributed by atoms with Gasteiger partial charge in [-0.05, 0) is 12.8 Å². The number of carbonyl (C=O) groups excluding carboxylic acids is 1. The molecule has 0 radical (unpaired) electrons. The van der Waals surface area contributed by atoms with E-state index in [9.17, 15) is 19.4 Å². The van der Waals surface area contributed by atoms with E-state index in [1.54, 1.807) is 0 Å². The lowest BCUT2D eigenvalue weighted by atomic mass is 10.0. The minimum Gasteiger partial charge on any atom is -0.756 e. The zero-order valence-corrected chi connectivity index (χ0v) is 31.9. The molecule has 3 unspecified atom stereocenters. The van der Waals surface area contributed by atoms with E-state index in [1.165, 1.54) is 122 Å². The van der Waals surface area contributed by atoms with Gasteiger partial charge in [0.2, 0.25) is 5.91 Å². The van der Waals surface area contributed by atoms with E-state index in [1.807, 2.05) is 28.1 Å². The van der Waals surface area contributed by atoms with Crippen LogP contribution >= 0.6 is 7.82 Å². The number of phosphoric ester groups is 1. The summed E-state index contributed by atoms with van der Waals surface area (Å²) in [6.07, 6.45) is 30.8. The van der Waals surface area contributed by atoms with Crippen molar-refractivity contribution >= 4 is 13.7 Å². The van der Waals surface area contributed by atoms with Crippen LogP contribution in [-0.2, 0) is 18.4 Å². The van der Waals surface area contributed by atoms with Gasteiger partial charge >= 0.3 is 0 Å². The lowest BCUT2D eigenvalue weighted by molar-refractivity contribution is -0.870. The predicted molar refractivity (Wildman–Crippen MR) is 192 cm³/mol. The standard InChI is InChI=1S/C37H77N2O6P/c1-6-8-10-11-12-13-14-15-16-17-18-19-20-21-22-23-24-25-26-27-28-29-30-36(40)35(38-37(41)31-9-7-2)34-45-46(42,43)44-33-32-39(3,4)5/h35-36,40H,6-34H2,1-5H3,(H-,38,41,42,43). The molecule has 0 aromatic rings. The number of carbonyl (C=O) groups is 1. The van der Waals surface area contributed by atoms with Crippen molar-refractivity contribution in [3.63, 3.8) is 0 Å². The van der Waals surface area contributed by atoms with Crippen molar-refractivity contribution in [1.82, 2.24) is 5.32 Å². The normalized spacial score (nSPS) is 14.7. The maximum absolute atomic E-state index is 12.3. The van der Waals surface area contributed by atoms with E-state index in [0.717, 1.165) is 32.1 Å². The topological polar surface area (TPSA) is 108 Å². The number of aliphatic hydroxyl groups excluding tert-OH is 1. The first-order valence-electron chi connectivity index (χ1n) is 19.4. The van der Waals surface area contributed by atoms with Crippen LogP contribution in [0.2, 0.25) is 0 Å². The summed E-state index contributed by atoms with van der Waals surface area (Å²) in [6, 6.07) is -0.788. The van der Waals surface area contributed by atoms with Crippen LogP contribution in [0, 0.1) is 0 Å². The van der Waals surface area contributed by atoms with E-state index in [0.29, 0.717) is 23.9 Å². The molecule has 46 heavy (non-hydrogen) atoms. The summed E-state index contributed by atoms with van der Waals surface area (Å²) >= 11 is 0. The summed E-state index contributed by atoms with van der Waals surface area (Å²) in [5.41, 5.74) is 0. The highest BCUT2D eigenvalue weighted by molar-refractivity contribution is 7.45. The van der Waals surface area contributed by atoms with Gasteiger partial charge in [0.25, 0.3) is 7.82 Å². The number of hydrogen-bond acceptors (Lipinski definition) is 6. The molecule has 2 N–H and O–H groups in total. The van der Waals surface area contributed by atoms with Crippen LogP contribution < -0.4 is 10.2 Å². The molecule has 0 heterocycles. The fourth-order valence-corrected chi connectivity index (χ4v) is 6.39. The Morgan fingerprint density at radius 1 is 0.674 bits per heavy atom. The first kappa shape index (κ1) is 45.5. The zero-order valence-electron chi connectivity index (χ0n) is 31.0. The first-order valence-corrected chi connectivity index (χ1v) is 20.8. The Bertz CT molecular complexity index is 733. The highest BCUT2D eigenvalue weighted by Gasteiger charge is 2.24. The van der Waals surface area contributed by atoms with Gasteiger partial charge in [0, 0.05) is 6.42 Å². The van der Waals surface area contributed by atoms with Crippen molar-refractivity contribution in [1.29, 1.82) is 0 Å². The third-order valence-electron chi connectivity index (χ3n) is 8.85. The highest BCUT2D eigenvalue weighted by atomic mass is 31.2. The van der Waals surface area contributed by atoms with Crippen molar-refractivity contribution in [2.75, 3.05) is 40.9 Å². The number of phosphoric acid groups is 1. The van der Waals surface area contributed by atoms with Crippen molar-refractivity contribution in [2.45, 2.75) is 193 Å². The Morgan fingerprint density at radius 2 is 1.07 bits per heavy atom. The lowest BCUT2D eigenvalue weighted by Gasteiger charge is -2.30. The number of unbranched alkanes of at least 4 members (excludes halogenated alkanes) is 22. The maximum atomic E-state index is 12.3. The van der Waals surface area contributed by atoms with Crippen molar-refractivity contribution in [3.8, 4) is 0 Å². The first-order chi connectivity index (χ1) is 22.0. The average Bonchev–Trinajstić information content (AvgIpc) is 2.99. The number of quaternary nitrogens is 1. The van der Waals surface area contributed by atoms with Gasteiger partial charge in [-0.1, -0.05) is 162 Å². The lowest BCUT2D eigenvalue weighted by Crippen LogP contribution is -2.46. The molecule has 0 saturated heterocycles. The van der Waals surface area contributed by atoms with Crippen molar-refractivity contribution < 1.29 is 32.9 Å². The second-order valence-electron chi connectivity index (χ2n) is 14.6. The van der Waals surface area contributed by atoms with Crippen molar-refractivity contribution in [2.24, 2.45) is 0 Å². The summed E-state index contributed by atoms with van der Waals surface area (Å²) in [7, 11) is 1.30. The molecule has 0 rings (SSSR count). The third kappa shape index (κ3) is 32.1. The minimum atomic E-state index is -4.53. The summed E-state index contributed by atoms with van der Waals surface area (Å²) in [6.45, 7) is 4.48. The number of nitrogens with one attached hydrogen (secondary N) is 1. The fourth-order valence-electron chi connectivity index (χ4n) is 5.66. The Kier molecular flexibility index (Phi) is 30.2. The molecule has 0 fully saturated rings. The molecular formula is C37H77N2O6P. The van der Waals surface area contributed by atoms with E-state index >= 15 is 0 Å². The summed E-state index contributed by atoms with van der Waals surface area (Å²) in [5, 5.41) is 13.6. The van der Waals surface area contributed by atoms with Crippen LogP contribution in [0.25, 0.3) is 0 Å². The van der Waals surface area contributed by atoms with Crippen molar-refractivity contribution in [3.05, 3.63) is 0 Å². The summed E-state index contributed by atoms with van der Waals surface area (Å²) in [5.74, 6) is -0.199. The molecule has 0 aromatic carbocycles. The molecule has 8 nitrogen and oxygen atoms in total. The molecule has 0 aliphatic carbocycles. The molecule has 0 spiro atoms. The van der Waals surface area contributed by atoms with Crippen LogP contribution in [0.1, 0.15) is 181 Å². The predicted octanol–water partition coefficient (Wildman–Crippen LogP) is 9.22. The quantitative estimate of drug-likeness (QED) is 0.0394. The zero-order chi connectivity index (χ0) is 34.4. The van der Waals surface area contributed by atoms with Gasteiger partial charge in [-0.15, -0.1) is 0 Å². The summed E-state index contributed by atoms with van der Waals surface area (Å²) in [4.78, 5) is 24.6. The smallest absolute Gasteiger partial charge is 0.268 e. The molecule has 0 aromatic heterocycles. The molecule has 0 aliphatic heterocycles. The molecule has 0 saturated carbocycles. The number of nitrogens with zero attached hydrogens (tertiary/aromatic N) is 1. The number of aliphatic hydroxyl groups is 1. The van der Waals surface area contributed by atoms with Gasteiger partial charge in [0.1, 0.15) is 13.2 Å². The number of rotatable bonds is 35. The Morgan fingerprint density at radius 3 is 1.46 bits per heavy atom. The molecular weight excluding hydrogens is 599 g/mol. The highest BCUT2D eigenvalue weighted by Crippen LogP contribution is 2.38. The minimum absolute atomic E-state index is 0.0137. The Hall–Kier alpha value is -0.500. The second-order valence-corrected chi connectivity index (χ2v) is 16.1. The van der Waals surface area contributed by atoms with E-state index in [2.05, 4.69) is 12.2 Å². The molecule has 0 aliphatic rings. The van der Waals surface area contributed by atoms with Gasteiger partial charge in [-0.2, -0.15) is 0 Å². The van der Waals surface area contributed by atoms with Gasteiger partial charge in [0.05, 0.1) is 39.9 Å². The molecule has 1 amide bonds. The number of amides is 1. The summed E-state index contributed by atoms with van der Waals surface area (Å²) < 4.78 is 22.9. The van der Waals surface area contributed by atoms with Gasteiger partial charge in [0.15, 0.2) is 0 Å². The molecule has 9 heteroatoms.